The molecule has 180 valence electrons. The van der Waals surface area contributed by atoms with Crippen molar-refractivity contribution < 1.29 is 18.8 Å². The standard InChI is InChI=1S/C25H23FN4O3S2/c1-2-12-27-20(31)15-34-25-28-22(16-6-4-3-5-7-16)24(35-25)29-23(33)17-13-21(32)30(14-17)19-10-8-18(26)9-11-19/h2-11,17H,1,12-15H2,(H,27,31)(H,29,33). The Morgan fingerprint density at radius 1 is 1.20 bits per heavy atom. The number of thiazole rings is 1. The number of benzene rings is 2. The molecule has 3 amide bonds. The molecule has 10 heteroatoms. The third kappa shape index (κ3) is 6.14. The van der Waals surface area contributed by atoms with Crippen LogP contribution in [-0.4, -0.2) is 41.5 Å². The second-order valence-electron chi connectivity index (χ2n) is 7.78. The van der Waals surface area contributed by atoms with Crippen molar-refractivity contribution >= 4 is 51.5 Å². The maximum Gasteiger partial charge on any atom is 0.230 e. The highest BCUT2D eigenvalue weighted by molar-refractivity contribution is 8.01. The second-order valence-corrected chi connectivity index (χ2v) is 10.00. The lowest BCUT2D eigenvalue weighted by Crippen LogP contribution is -2.28. The van der Waals surface area contributed by atoms with Crippen molar-refractivity contribution in [2.45, 2.75) is 10.8 Å². The summed E-state index contributed by atoms with van der Waals surface area (Å²) in [6.07, 6.45) is 1.67. The van der Waals surface area contributed by atoms with Gasteiger partial charge in [-0.1, -0.05) is 59.5 Å². The highest BCUT2D eigenvalue weighted by atomic mass is 32.2. The molecule has 0 aliphatic carbocycles. The van der Waals surface area contributed by atoms with Gasteiger partial charge in [0.2, 0.25) is 17.7 Å². The predicted octanol–water partition coefficient (Wildman–Crippen LogP) is 4.34. The molecule has 2 heterocycles. The Morgan fingerprint density at radius 3 is 2.66 bits per heavy atom. The fourth-order valence-corrected chi connectivity index (χ4v) is 5.47. The summed E-state index contributed by atoms with van der Waals surface area (Å²) < 4.78 is 13.9. The number of halogens is 1. The van der Waals surface area contributed by atoms with Crippen LogP contribution in [0.5, 0.6) is 0 Å². The van der Waals surface area contributed by atoms with E-state index in [1.165, 1.54) is 52.3 Å². The maximum atomic E-state index is 13.3. The van der Waals surface area contributed by atoms with Gasteiger partial charge in [-0.15, -0.1) is 6.58 Å². The Morgan fingerprint density at radius 2 is 1.94 bits per heavy atom. The Bertz CT molecular complexity index is 1230. The minimum Gasteiger partial charge on any atom is -0.352 e. The number of thioether (sulfide) groups is 1. The molecule has 3 aromatic rings. The van der Waals surface area contributed by atoms with E-state index < -0.39 is 5.92 Å². The van der Waals surface area contributed by atoms with Crippen molar-refractivity contribution in [3.63, 3.8) is 0 Å². The summed E-state index contributed by atoms with van der Waals surface area (Å²) in [6.45, 7) is 4.18. The maximum absolute atomic E-state index is 13.3. The van der Waals surface area contributed by atoms with E-state index in [2.05, 4.69) is 22.2 Å². The van der Waals surface area contributed by atoms with Crippen molar-refractivity contribution in [2.75, 3.05) is 29.1 Å². The number of hydrogen-bond donors (Lipinski definition) is 2. The molecular weight excluding hydrogens is 487 g/mol. The lowest BCUT2D eigenvalue weighted by molar-refractivity contribution is -0.122. The first-order valence-electron chi connectivity index (χ1n) is 10.9. The molecule has 1 aliphatic rings. The van der Waals surface area contributed by atoms with Crippen LogP contribution in [0.25, 0.3) is 11.3 Å². The zero-order valence-electron chi connectivity index (χ0n) is 18.7. The fraction of sp³-hybridized carbons (Fsp3) is 0.200. The van der Waals surface area contributed by atoms with Gasteiger partial charge in [-0.05, 0) is 24.3 Å². The van der Waals surface area contributed by atoms with Gasteiger partial charge in [-0.3, -0.25) is 14.4 Å². The second kappa shape index (κ2) is 11.3. The van der Waals surface area contributed by atoms with Crippen LogP contribution in [0.3, 0.4) is 0 Å². The molecule has 0 spiro atoms. The van der Waals surface area contributed by atoms with Crippen LogP contribution in [0, 0.1) is 11.7 Å². The van der Waals surface area contributed by atoms with Gasteiger partial charge in [0.25, 0.3) is 0 Å². The molecule has 0 saturated carbocycles. The van der Waals surface area contributed by atoms with Crippen molar-refractivity contribution in [1.29, 1.82) is 0 Å². The lowest BCUT2D eigenvalue weighted by Gasteiger charge is -2.16. The highest BCUT2D eigenvalue weighted by Gasteiger charge is 2.35. The first-order chi connectivity index (χ1) is 16.9. The molecule has 1 unspecified atom stereocenters. The summed E-state index contributed by atoms with van der Waals surface area (Å²) >= 11 is 2.57. The molecule has 4 rings (SSSR count). The van der Waals surface area contributed by atoms with Gasteiger partial charge in [-0.25, -0.2) is 9.37 Å². The molecule has 7 nitrogen and oxygen atoms in total. The predicted molar refractivity (Wildman–Crippen MR) is 137 cm³/mol. The smallest absolute Gasteiger partial charge is 0.230 e. The number of carbonyl (C=O) groups excluding carboxylic acids is 3. The van der Waals surface area contributed by atoms with Crippen molar-refractivity contribution in [1.82, 2.24) is 10.3 Å². The van der Waals surface area contributed by atoms with E-state index in [4.69, 9.17) is 0 Å². The zero-order chi connectivity index (χ0) is 24.8. The average molecular weight is 511 g/mol. The average Bonchev–Trinajstić information content (AvgIpc) is 3.46. The van der Waals surface area contributed by atoms with Gasteiger partial charge >= 0.3 is 0 Å². The van der Waals surface area contributed by atoms with Crippen LogP contribution in [0.4, 0.5) is 15.1 Å². The summed E-state index contributed by atoms with van der Waals surface area (Å²) in [5.74, 6) is -1.37. The molecule has 1 aliphatic heterocycles. The van der Waals surface area contributed by atoms with Crippen LogP contribution < -0.4 is 15.5 Å². The van der Waals surface area contributed by atoms with E-state index >= 15 is 0 Å². The number of nitrogens with one attached hydrogen (secondary N) is 2. The van der Waals surface area contributed by atoms with Crippen LogP contribution in [-0.2, 0) is 14.4 Å². The van der Waals surface area contributed by atoms with Crippen molar-refractivity contribution in [2.24, 2.45) is 5.92 Å². The largest absolute Gasteiger partial charge is 0.352 e. The Hall–Kier alpha value is -3.50. The minimum atomic E-state index is -0.556. The normalized spacial score (nSPS) is 15.2. The quantitative estimate of drug-likeness (QED) is 0.330. The molecule has 1 atom stereocenters. The fourth-order valence-electron chi connectivity index (χ4n) is 3.57. The molecule has 35 heavy (non-hydrogen) atoms. The van der Waals surface area contributed by atoms with Gasteiger partial charge in [0.1, 0.15) is 16.5 Å². The highest BCUT2D eigenvalue weighted by Crippen LogP contribution is 2.38. The van der Waals surface area contributed by atoms with Gasteiger partial charge < -0.3 is 15.5 Å². The number of hydrogen-bond acceptors (Lipinski definition) is 6. The van der Waals surface area contributed by atoms with E-state index in [1.54, 1.807) is 6.08 Å². The van der Waals surface area contributed by atoms with Crippen LogP contribution in [0.1, 0.15) is 6.42 Å². The molecule has 1 saturated heterocycles. The monoisotopic (exact) mass is 510 g/mol. The molecule has 1 fully saturated rings. The summed E-state index contributed by atoms with van der Waals surface area (Å²) in [7, 11) is 0. The number of aromatic nitrogens is 1. The number of rotatable bonds is 9. The zero-order valence-corrected chi connectivity index (χ0v) is 20.3. The van der Waals surface area contributed by atoms with E-state index in [1.807, 2.05) is 30.3 Å². The molecular formula is C25H23FN4O3S2. The van der Waals surface area contributed by atoms with Crippen LogP contribution in [0.2, 0.25) is 0 Å². The molecule has 1 aromatic heterocycles. The first-order valence-corrected chi connectivity index (χ1v) is 12.7. The first kappa shape index (κ1) is 24.6. The Labute approximate surface area is 210 Å². The summed E-state index contributed by atoms with van der Waals surface area (Å²) in [6, 6.07) is 15.1. The minimum absolute atomic E-state index is 0.0633. The molecule has 0 radical (unpaired) electrons. The molecule has 2 N–H and O–H groups in total. The Kier molecular flexibility index (Phi) is 7.94. The van der Waals surface area contributed by atoms with Gasteiger partial charge in [-0.2, -0.15) is 0 Å². The topological polar surface area (TPSA) is 91.4 Å². The lowest BCUT2D eigenvalue weighted by atomic mass is 10.1. The number of amides is 3. The Balaban J connectivity index is 1.49. The van der Waals surface area contributed by atoms with E-state index in [0.29, 0.717) is 27.3 Å². The van der Waals surface area contributed by atoms with Crippen molar-refractivity contribution in [3.8, 4) is 11.3 Å². The molecule has 2 aromatic carbocycles. The number of nitrogens with zero attached hydrogens (tertiary/aromatic N) is 2. The summed E-state index contributed by atoms with van der Waals surface area (Å²) in [4.78, 5) is 43.8. The van der Waals surface area contributed by atoms with Gasteiger partial charge in [0, 0.05) is 30.8 Å². The van der Waals surface area contributed by atoms with Crippen LogP contribution in [0.15, 0.2) is 71.6 Å². The van der Waals surface area contributed by atoms with Gasteiger partial charge in [0.05, 0.1) is 11.7 Å². The van der Waals surface area contributed by atoms with Crippen molar-refractivity contribution in [3.05, 3.63) is 73.1 Å². The third-order valence-corrected chi connectivity index (χ3v) is 7.41. The molecule has 0 bridgehead atoms. The number of carbonyl (C=O) groups is 3. The summed E-state index contributed by atoms with van der Waals surface area (Å²) in [5.41, 5.74) is 2.00. The third-order valence-electron chi connectivity index (χ3n) is 5.30. The van der Waals surface area contributed by atoms with E-state index in [0.717, 1.165) is 5.56 Å². The van der Waals surface area contributed by atoms with Gasteiger partial charge in [0.15, 0.2) is 4.34 Å². The van der Waals surface area contributed by atoms with E-state index in [-0.39, 0.29) is 42.3 Å². The number of anilines is 2. The van der Waals surface area contributed by atoms with Crippen LogP contribution >= 0.6 is 23.1 Å². The SMILES string of the molecule is C=CCNC(=O)CSc1nc(-c2ccccc2)c(NC(=O)C2CC(=O)N(c3ccc(F)cc3)C2)s1. The summed E-state index contributed by atoms with van der Waals surface area (Å²) in [5, 5.41) is 6.23. The van der Waals surface area contributed by atoms with E-state index in [9.17, 15) is 18.8 Å².